The highest BCUT2D eigenvalue weighted by atomic mass is 35.5. The van der Waals surface area contributed by atoms with E-state index in [0.717, 1.165) is 25.9 Å². The summed E-state index contributed by atoms with van der Waals surface area (Å²) in [4.78, 5) is 0. The smallest absolute Gasteiger partial charge is 0.216 e. The van der Waals surface area contributed by atoms with Crippen LogP contribution in [0.1, 0.15) is 18.4 Å². The Morgan fingerprint density at radius 3 is 2.53 bits per heavy atom. The van der Waals surface area contributed by atoms with Gasteiger partial charge >= 0.3 is 0 Å². The molecule has 106 valence electrons. The largest absolute Gasteiger partial charge is 0.317 e. The van der Waals surface area contributed by atoms with Gasteiger partial charge in [0.1, 0.15) is 0 Å². The van der Waals surface area contributed by atoms with Crippen LogP contribution in [0.2, 0.25) is 10.0 Å². The fourth-order valence-corrected chi connectivity index (χ4v) is 3.85. The van der Waals surface area contributed by atoms with Crippen molar-refractivity contribution in [2.75, 3.05) is 13.1 Å². The Balaban J connectivity index is 2.01. The van der Waals surface area contributed by atoms with Crippen LogP contribution in [0.5, 0.6) is 0 Å². The van der Waals surface area contributed by atoms with Gasteiger partial charge in [-0.1, -0.05) is 29.3 Å². The second kappa shape index (κ2) is 6.41. The molecule has 1 saturated heterocycles. The summed E-state index contributed by atoms with van der Waals surface area (Å²) in [6.45, 7) is 1.69. The van der Waals surface area contributed by atoms with Crippen molar-refractivity contribution in [1.29, 1.82) is 0 Å². The SMILES string of the molecule is O=S(=O)(Cc1ccc(Cl)c(Cl)c1)NC1CCNCC1. The highest BCUT2D eigenvalue weighted by molar-refractivity contribution is 7.88. The summed E-state index contributed by atoms with van der Waals surface area (Å²) in [6.07, 6.45) is 1.64. The lowest BCUT2D eigenvalue weighted by Crippen LogP contribution is -2.43. The molecule has 19 heavy (non-hydrogen) atoms. The van der Waals surface area contributed by atoms with Crippen LogP contribution in [0.25, 0.3) is 0 Å². The quantitative estimate of drug-likeness (QED) is 0.893. The first-order chi connectivity index (χ1) is 8.96. The van der Waals surface area contributed by atoms with Gasteiger partial charge in [0, 0.05) is 6.04 Å². The molecule has 0 aliphatic carbocycles. The highest BCUT2D eigenvalue weighted by Gasteiger charge is 2.20. The van der Waals surface area contributed by atoms with E-state index in [1.807, 2.05) is 0 Å². The molecule has 0 spiro atoms. The van der Waals surface area contributed by atoms with Crippen LogP contribution in [0.3, 0.4) is 0 Å². The first-order valence-electron chi connectivity index (χ1n) is 6.11. The van der Waals surface area contributed by atoms with E-state index in [0.29, 0.717) is 15.6 Å². The van der Waals surface area contributed by atoms with Crippen molar-refractivity contribution in [1.82, 2.24) is 10.0 Å². The van der Waals surface area contributed by atoms with Crippen LogP contribution in [0.4, 0.5) is 0 Å². The maximum Gasteiger partial charge on any atom is 0.216 e. The Hall–Kier alpha value is -0.330. The zero-order valence-electron chi connectivity index (χ0n) is 10.3. The highest BCUT2D eigenvalue weighted by Crippen LogP contribution is 2.23. The van der Waals surface area contributed by atoms with E-state index in [4.69, 9.17) is 23.2 Å². The summed E-state index contributed by atoms with van der Waals surface area (Å²) in [5.74, 6) is -0.0756. The normalized spacial score (nSPS) is 17.6. The molecule has 0 amide bonds. The Kier molecular flexibility index (Phi) is 5.09. The Labute approximate surface area is 123 Å². The average molecular weight is 323 g/mol. The predicted octanol–water partition coefficient (Wildman–Crippen LogP) is 2.16. The minimum Gasteiger partial charge on any atom is -0.317 e. The van der Waals surface area contributed by atoms with Crippen molar-refractivity contribution in [2.24, 2.45) is 0 Å². The number of sulfonamides is 1. The Bertz CT molecular complexity index is 543. The van der Waals surface area contributed by atoms with Crippen molar-refractivity contribution in [3.63, 3.8) is 0 Å². The number of hydrogen-bond acceptors (Lipinski definition) is 3. The number of rotatable bonds is 4. The first kappa shape index (κ1) is 15.1. The summed E-state index contributed by atoms with van der Waals surface area (Å²) in [5.41, 5.74) is 0.635. The molecule has 0 radical (unpaired) electrons. The number of nitrogens with one attached hydrogen (secondary N) is 2. The van der Waals surface area contributed by atoms with Gasteiger partial charge in [0.05, 0.1) is 15.8 Å². The molecule has 0 aromatic heterocycles. The van der Waals surface area contributed by atoms with E-state index >= 15 is 0 Å². The van der Waals surface area contributed by atoms with Gasteiger partial charge in [-0.2, -0.15) is 0 Å². The fraction of sp³-hybridized carbons (Fsp3) is 0.500. The molecule has 4 nitrogen and oxygen atoms in total. The van der Waals surface area contributed by atoms with Crippen molar-refractivity contribution in [3.8, 4) is 0 Å². The van der Waals surface area contributed by atoms with Crippen LogP contribution >= 0.6 is 23.2 Å². The first-order valence-corrected chi connectivity index (χ1v) is 8.52. The zero-order valence-corrected chi connectivity index (χ0v) is 12.7. The Morgan fingerprint density at radius 1 is 1.21 bits per heavy atom. The molecule has 1 aromatic carbocycles. The predicted molar refractivity (Wildman–Crippen MR) is 78.1 cm³/mol. The maximum absolute atomic E-state index is 12.1. The number of hydrogen-bond donors (Lipinski definition) is 2. The van der Waals surface area contributed by atoms with E-state index in [-0.39, 0.29) is 11.8 Å². The number of halogens is 2. The monoisotopic (exact) mass is 322 g/mol. The molecule has 0 saturated carbocycles. The van der Waals surface area contributed by atoms with Crippen molar-refractivity contribution in [2.45, 2.75) is 24.6 Å². The minimum atomic E-state index is -3.34. The van der Waals surface area contributed by atoms with Gasteiger partial charge in [0.25, 0.3) is 0 Å². The van der Waals surface area contributed by atoms with E-state index in [2.05, 4.69) is 10.0 Å². The lowest BCUT2D eigenvalue weighted by Gasteiger charge is -2.23. The van der Waals surface area contributed by atoms with Crippen LogP contribution in [0, 0.1) is 0 Å². The third kappa shape index (κ3) is 4.61. The van der Waals surface area contributed by atoms with Gasteiger partial charge in [0.2, 0.25) is 10.0 Å². The summed E-state index contributed by atoms with van der Waals surface area (Å²) >= 11 is 11.7. The molecule has 1 heterocycles. The minimum absolute atomic E-state index is 0.0222. The van der Waals surface area contributed by atoms with Gasteiger partial charge in [-0.3, -0.25) is 0 Å². The second-order valence-electron chi connectivity index (χ2n) is 4.65. The topological polar surface area (TPSA) is 58.2 Å². The van der Waals surface area contributed by atoms with Gasteiger partial charge in [-0.25, -0.2) is 13.1 Å². The summed E-state index contributed by atoms with van der Waals surface area (Å²) in [6, 6.07) is 4.90. The van der Waals surface area contributed by atoms with Crippen molar-refractivity contribution in [3.05, 3.63) is 33.8 Å². The number of benzene rings is 1. The molecule has 1 fully saturated rings. The number of piperidine rings is 1. The van der Waals surface area contributed by atoms with Gasteiger partial charge in [0.15, 0.2) is 0 Å². The summed E-state index contributed by atoms with van der Waals surface area (Å²) in [5, 5.41) is 3.99. The van der Waals surface area contributed by atoms with Crippen LogP contribution in [-0.4, -0.2) is 27.5 Å². The molecule has 2 rings (SSSR count). The lowest BCUT2D eigenvalue weighted by molar-refractivity contribution is 0.427. The van der Waals surface area contributed by atoms with E-state index in [1.165, 1.54) is 0 Å². The summed E-state index contributed by atoms with van der Waals surface area (Å²) < 4.78 is 26.8. The average Bonchev–Trinajstić information content (AvgIpc) is 2.34. The van der Waals surface area contributed by atoms with Gasteiger partial charge in [-0.05, 0) is 43.6 Å². The van der Waals surface area contributed by atoms with E-state index < -0.39 is 10.0 Å². The summed E-state index contributed by atoms with van der Waals surface area (Å²) in [7, 11) is -3.34. The van der Waals surface area contributed by atoms with E-state index in [1.54, 1.807) is 18.2 Å². The lowest BCUT2D eigenvalue weighted by atomic mass is 10.1. The van der Waals surface area contributed by atoms with Crippen LogP contribution in [-0.2, 0) is 15.8 Å². The molecular formula is C12H16Cl2N2O2S. The third-order valence-electron chi connectivity index (χ3n) is 3.03. The molecule has 0 atom stereocenters. The molecule has 0 bridgehead atoms. The fourth-order valence-electron chi connectivity index (χ4n) is 2.08. The van der Waals surface area contributed by atoms with Gasteiger partial charge in [-0.15, -0.1) is 0 Å². The van der Waals surface area contributed by atoms with Crippen molar-refractivity contribution >= 4 is 33.2 Å². The molecule has 1 aliphatic rings. The maximum atomic E-state index is 12.1. The second-order valence-corrected chi connectivity index (χ2v) is 7.22. The zero-order chi connectivity index (χ0) is 13.9. The van der Waals surface area contributed by atoms with Crippen molar-refractivity contribution < 1.29 is 8.42 Å². The Morgan fingerprint density at radius 2 is 1.89 bits per heavy atom. The van der Waals surface area contributed by atoms with Crippen LogP contribution in [0.15, 0.2) is 18.2 Å². The molecule has 0 unspecified atom stereocenters. The third-order valence-corrected chi connectivity index (χ3v) is 5.17. The molecular weight excluding hydrogens is 307 g/mol. The molecule has 1 aromatic rings. The van der Waals surface area contributed by atoms with E-state index in [9.17, 15) is 8.42 Å². The van der Waals surface area contributed by atoms with Gasteiger partial charge < -0.3 is 5.32 Å². The van der Waals surface area contributed by atoms with Crippen LogP contribution < -0.4 is 10.0 Å². The molecule has 7 heteroatoms. The molecule has 1 aliphatic heterocycles. The standard InChI is InChI=1S/C12H16Cl2N2O2S/c13-11-2-1-9(7-12(11)14)8-19(17,18)16-10-3-5-15-6-4-10/h1-2,7,10,15-16H,3-6,8H2. The molecule has 2 N–H and O–H groups in total.